The number of carbonyl (C=O) groups excluding carboxylic acids is 1. The van der Waals surface area contributed by atoms with Crippen molar-refractivity contribution in [2.45, 2.75) is 26.3 Å². The second kappa shape index (κ2) is 5.48. The smallest absolute Gasteiger partial charge is 0.235 e. The van der Waals surface area contributed by atoms with Crippen LogP contribution < -0.4 is 4.74 Å². The third-order valence-electron chi connectivity index (χ3n) is 2.74. The number of hydrogen-bond donors (Lipinski definition) is 0. The summed E-state index contributed by atoms with van der Waals surface area (Å²) in [6.07, 6.45) is 4.07. The molecule has 0 spiro atoms. The van der Waals surface area contributed by atoms with E-state index in [1.807, 2.05) is 19.1 Å². The highest BCUT2D eigenvalue weighted by Crippen LogP contribution is 2.35. The van der Waals surface area contributed by atoms with E-state index in [-0.39, 0.29) is 0 Å². The van der Waals surface area contributed by atoms with Crippen molar-refractivity contribution in [3.63, 3.8) is 0 Å². The third kappa shape index (κ3) is 3.42. The maximum absolute atomic E-state index is 10.2. The lowest BCUT2D eigenvalue weighted by Gasteiger charge is -2.12. The molecule has 0 unspecified atom stereocenters. The molecule has 1 aromatic rings. The van der Waals surface area contributed by atoms with Crippen molar-refractivity contribution >= 4 is 22.0 Å². The van der Waals surface area contributed by atoms with Crippen LogP contribution in [0, 0.1) is 12.8 Å². The van der Waals surface area contributed by atoms with Crippen LogP contribution in [-0.4, -0.2) is 12.7 Å². The molecule has 0 radical (unpaired) electrons. The first-order valence-electron chi connectivity index (χ1n) is 5.66. The van der Waals surface area contributed by atoms with Gasteiger partial charge in [0, 0.05) is 5.56 Å². The quantitative estimate of drug-likeness (QED) is 0.617. The molecular weight excluding hydrogens is 282 g/mol. The number of aliphatic imine (C=N–C) groups is 1. The first-order valence-corrected chi connectivity index (χ1v) is 6.45. The molecule has 0 aromatic heterocycles. The van der Waals surface area contributed by atoms with Gasteiger partial charge in [0.2, 0.25) is 6.08 Å². The normalized spacial score (nSPS) is 14.2. The molecule has 0 atom stereocenters. The maximum Gasteiger partial charge on any atom is 0.235 e. The first-order chi connectivity index (χ1) is 8.20. The van der Waals surface area contributed by atoms with E-state index in [9.17, 15) is 4.79 Å². The predicted octanol–water partition coefficient (Wildman–Crippen LogP) is 3.38. The highest BCUT2D eigenvalue weighted by atomic mass is 79.9. The fourth-order valence-corrected chi connectivity index (χ4v) is 2.41. The Morgan fingerprint density at radius 1 is 1.53 bits per heavy atom. The van der Waals surface area contributed by atoms with Gasteiger partial charge in [-0.25, -0.2) is 9.79 Å². The Morgan fingerprint density at radius 2 is 2.29 bits per heavy atom. The molecule has 0 amide bonds. The van der Waals surface area contributed by atoms with E-state index in [0.29, 0.717) is 12.5 Å². The summed E-state index contributed by atoms with van der Waals surface area (Å²) in [6.45, 7) is 3.08. The minimum atomic E-state index is 0.323. The van der Waals surface area contributed by atoms with Crippen molar-refractivity contribution in [1.29, 1.82) is 0 Å². The zero-order chi connectivity index (χ0) is 12.3. The summed E-state index contributed by atoms with van der Waals surface area (Å²) in [5.74, 6) is 1.51. The number of hydrogen-bond acceptors (Lipinski definition) is 3. The Balaban J connectivity index is 2.21. The lowest BCUT2D eigenvalue weighted by atomic mass is 10.1. The monoisotopic (exact) mass is 295 g/mol. The molecule has 0 aliphatic heterocycles. The summed E-state index contributed by atoms with van der Waals surface area (Å²) < 4.78 is 6.73. The number of halogens is 1. The van der Waals surface area contributed by atoms with Gasteiger partial charge >= 0.3 is 0 Å². The van der Waals surface area contributed by atoms with Gasteiger partial charge in [0.15, 0.2) is 0 Å². The zero-order valence-corrected chi connectivity index (χ0v) is 11.3. The number of isocyanates is 1. The molecule has 17 heavy (non-hydrogen) atoms. The standard InChI is InChI=1S/C13H14BrNO2/c1-9-4-11(6-15-8-16)13(12(14)5-9)17-7-10-2-3-10/h4-5,10H,2-3,6-7H2,1H3. The Bertz CT molecular complexity index is 463. The molecule has 0 saturated heterocycles. The topological polar surface area (TPSA) is 38.7 Å². The molecule has 4 heteroatoms. The van der Waals surface area contributed by atoms with Gasteiger partial charge < -0.3 is 4.74 Å². The van der Waals surface area contributed by atoms with E-state index in [2.05, 4.69) is 20.9 Å². The van der Waals surface area contributed by atoms with Crippen molar-refractivity contribution in [2.24, 2.45) is 10.9 Å². The minimum absolute atomic E-state index is 0.323. The van der Waals surface area contributed by atoms with Gasteiger partial charge in [0.1, 0.15) is 5.75 Å². The van der Waals surface area contributed by atoms with E-state index in [1.165, 1.54) is 12.8 Å². The molecule has 90 valence electrons. The molecule has 1 fully saturated rings. The Labute approximate surface area is 109 Å². The number of benzene rings is 1. The van der Waals surface area contributed by atoms with Crippen LogP contribution in [0.2, 0.25) is 0 Å². The van der Waals surface area contributed by atoms with Crippen molar-refractivity contribution in [1.82, 2.24) is 0 Å². The largest absolute Gasteiger partial charge is 0.492 e. The SMILES string of the molecule is Cc1cc(Br)c(OCC2CC2)c(CN=C=O)c1. The van der Waals surface area contributed by atoms with Crippen LogP contribution in [0.1, 0.15) is 24.0 Å². The van der Waals surface area contributed by atoms with E-state index < -0.39 is 0 Å². The molecule has 1 aliphatic rings. The van der Waals surface area contributed by atoms with Crippen molar-refractivity contribution in [3.8, 4) is 5.75 Å². The average molecular weight is 296 g/mol. The van der Waals surface area contributed by atoms with Crippen LogP contribution in [0.15, 0.2) is 21.6 Å². The predicted molar refractivity (Wildman–Crippen MR) is 68.9 cm³/mol. The highest BCUT2D eigenvalue weighted by molar-refractivity contribution is 9.10. The van der Waals surface area contributed by atoms with Crippen LogP contribution in [0.5, 0.6) is 5.75 Å². The van der Waals surface area contributed by atoms with Gasteiger partial charge in [-0.15, -0.1) is 0 Å². The summed E-state index contributed by atoms with van der Waals surface area (Å²) in [5, 5.41) is 0. The van der Waals surface area contributed by atoms with Crippen LogP contribution >= 0.6 is 15.9 Å². The van der Waals surface area contributed by atoms with Crippen molar-refractivity contribution in [3.05, 3.63) is 27.7 Å². The summed E-state index contributed by atoms with van der Waals surface area (Å²) in [7, 11) is 0. The second-order valence-electron chi connectivity index (χ2n) is 4.40. The number of nitrogens with zero attached hydrogens (tertiary/aromatic N) is 1. The lowest BCUT2D eigenvalue weighted by Crippen LogP contribution is -2.03. The van der Waals surface area contributed by atoms with Crippen LogP contribution in [0.25, 0.3) is 0 Å². The average Bonchev–Trinajstić information content (AvgIpc) is 3.08. The molecule has 0 heterocycles. The highest BCUT2D eigenvalue weighted by Gasteiger charge is 2.23. The molecule has 1 aliphatic carbocycles. The number of ether oxygens (including phenoxy) is 1. The molecule has 1 aromatic carbocycles. The Morgan fingerprint density at radius 3 is 2.94 bits per heavy atom. The number of rotatable bonds is 5. The second-order valence-corrected chi connectivity index (χ2v) is 5.25. The van der Waals surface area contributed by atoms with Gasteiger partial charge in [0.25, 0.3) is 0 Å². The van der Waals surface area contributed by atoms with E-state index in [4.69, 9.17) is 4.74 Å². The van der Waals surface area contributed by atoms with E-state index >= 15 is 0 Å². The fraction of sp³-hybridized carbons (Fsp3) is 0.462. The third-order valence-corrected chi connectivity index (χ3v) is 3.33. The van der Waals surface area contributed by atoms with Crippen LogP contribution in [0.4, 0.5) is 0 Å². The first kappa shape index (κ1) is 12.3. The van der Waals surface area contributed by atoms with Crippen LogP contribution in [-0.2, 0) is 11.3 Å². The minimum Gasteiger partial charge on any atom is -0.492 e. The van der Waals surface area contributed by atoms with Crippen molar-refractivity contribution < 1.29 is 9.53 Å². The zero-order valence-electron chi connectivity index (χ0n) is 9.70. The Kier molecular flexibility index (Phi) is 3.97. The van der Waals surface area contributed by atoms with E-state index in [0.717, 1.165) is 28.0 Å². The van der Waals surface area contributed by atoms with Gasteiger partial charge in [0.05, 0.1) is 17.6 Å². The summed E-state index contributed by atoms with van der Waals surface area (Å²) >= 11 is 3.50. The van der Waals surface area contributed by atoms with E-state index in [1.54, 1.807) is 6.08 Å². The van der Waals surface area contributed by atoms with Crippen LogP contribution in [0.3, 0.4) is 0 Å². The van der Waals surface area contributed by atoms with Crippen molar-refractivity contribution in [2.75, 3.05) is 6.61 Å². The maximum atomic E-state index is 10.2. The molecule has 3 nitrogen and oxygen atoms in total. The molecule has 0 N–H and O–H groups in total. The number of aryl methyl sites for hydroxylation is 1. The fourth-order valence-electron chi connectivity index (χ4n) is 1.68. The molecule has 0 bridgehead atoms. The molecule has 1 saturated carbocycles. The summed E-state index contributed by atoms with van der Waals surface area (Å²) in [6, 6.07) is 4.00. The molecular formula is C13H14BrNO2. The summed E-state index contributed by atoms with van der Waals surface area (Å²) in [4.78, 5) is 13.8. The van der Waals surface area contributed by atoms with Gasteiger partial charge in [-0.05, 0) is 53.2 Å². The van der Waals surface area contributed by atoms with Gasteiger partial charge in [-0.2, -0.15) is 0 Å². The van der Waals surface area contributed by atoms with Gasteiger partial charge in [-0.3, -0.25) is 0 Å². The van der Waals surface area contributed by atoms with Gasteiger partial charge in [-0.1, -0.05) is 6.07 Å². The lowest BCUT2D eigenvalue weighted by molar-refractivity contribution is 0.295. The molecule has 2 rings (SSSR count). The Hall–Kier alpha value is -1.12. The summed E-state index contributed by atoms with van der Waals surface area (Å²) in [5.41, 5.74) is 2.05.